The highest BCUT2D eigenvalue weighted by molar-refractivity contribution is 7.80. The average molecular weight is 265 g/mol. The number of piperazine rings is 1. The molecular formula is C12H19N5S. The van der Waals surface area contributed by atoms with Gasteiger partial charge in [-0.05, 0) is 19.0 Å². The van der Waals surface area contributed by atoms with Crippen molar-refractivity contribution in [2.75, 3.05) is 37.6 Å². The van der Waals surface area contributed by atoms with Crippen molar-refractivity contribution in [2.24, 2.45) is 5.73 Å². The maximum absolute atomic E-state index is 5.72. The van der Waals surface area contributed by atoms with E-state index in [0.29, 0.717) is 4.99 Å². The lowest BCUT2D eigenvalue weighted by Crippen LogP contribution is -2.47. The van der Waals surface area contributed by atoms with E-state index in [1.54, 1.807) is 6.20 Å². The summed E-state index contributed by atoms with van der Waals surface area (Å²) in [6.45, 7) is 7.39. The number of nitrogens with two attached hydrogens (primary N) is 1. The molecule has 0 aromatic carbocycles. The summed E-state index contributed by atoms with van der Waals surface area (Å²) in [7, 11) is 0. The highest BCUT2D eigenvalue weighted by Crippen LogP contribution is 2.18. The van der Waals surface area contributed by atoms with Gasteiger partial charge in [0, 0.05) is 26.2 Å². The first kappa shape index (κ1) is 13.2. The van der Waals surface area contributed by atoms with Gasteiger partial charge < -0.3 is 10.6 Å². The molecule has 0 amide bonds. The highest BCUT2D eigenvalue weighted by atomic mass is 32.1. The monoisotopic (exact) mass is 265 g/mol. The van der Waals surface area contributed by atoms with Crippen LogP contribution in [0, 0.1) is 0 Å². The zero-order chi connectivity index (χ0) is 13.0. The first-order chi connectivity index (χ1) is 8.72. The Morgan fingerprint density at radius 2 is 2.11 bits per heavy atom. The van der Waals surface area contributed by atoms with Gasteiger partial charge in [-0.3, -0.25) is 4.90 Å². The molecule has 6 heteroatoms. The summed E-state index contributed by atoms with van der Waals surface area (Å²) in [6.07, 6.45) is 2.83. The first-order valence-electron chi connectivity index (χ1n) is 6.31. The van der Waals surface area contributed by atoms with Crippen molar-refractivity contribution in [1.29, 1.82) is 0 Å². The fraction of sp³-hybridized carbons (Fsp3) is 0.583. The van der Waals surface area contributed by atoms with Crippen LogP contribution in [0.25, 0.3) is 0 Å². The van der Waals surface area contributed by atoms with E-state index in [2.05, 4.69) is 26.9 Å². The van der Waals surface area contributed by atoms with E-state index in [-0.39, 0.29) is 0 Å². The molecule has 0 bridgehead atoms. The Labute approximate surface area is 113 Å². The van der Waals surface area contributed by atoms with Crippen LogP contribution in [0.3, 0.4) is 0 Å². The zero-order valence-electron chi connectivity index (χ0n) is 10.7. The molecule has 0 spiro atoms. The van der Waals surface area contributed by atoms with Crippen LogP contribution in [-0.2, 0) is 0 Å². The van der Waals surface area contributed by atoms with Gasteiger partial charge in [-0.2, -0.15) is 5.10 Å². The minimum atomic E-state index is 0.385. The molecule has 1 aromatic rings. The maximum Gasteiger partial charge on any atom is 0.161 e. The number of rotatable bonds is 4. The average Bonchev–Trinajstić information content (AvgIpc) is 2.40. The van der Waals surface area contributed by atoms with Gasteiger partial charge in [0.25, 0.3) is 0 Å². The Morgan fingerprint density at radius 3 is 2.72 bits per heavy atom. The number of aromatic nitrogens is 2. The fourth-order valence-electron chi connectivity index (χ4n) is 2.25. The first-order valence-corrected chi connectivity index (χ1v) is 6.72. The summed E-state index contributed by atoms with van der Waals surface area (Å²) in [5.74, 6) is 0.821. The van der Waals surface area contributed by atoms with E-state index in [1.165, 1.54) is 6.42 Å². The molecule has 0 unspecified atom stereocenters. The Bertz CT molecular complexity index is 415. The Kier molecular flexibility index (Phi) is 4.43. The summed E-state index contributed by atoms with van der Waals surface area (Å²) in [6, 6.07) is 1.84. The molecule has 1 aliphatic heterocycles. The van der Waals surface area contributed by atoms with Gasteiger partial charge in [0.1, 0.15) is 4.99 Å². The van der Waals surface area contributed by atoms with E-state index in [4.69, 9.17) is 18.0 Å². The molecule has 18 heavy (non-hydrogen) atoms. The van der Waals surface area contributed by atoms with E-state index >= 15 is 0 Å². The lowest BCUT2D eigenvalue weighted by Gasteiger charge is -2.35. The second kappa shape index (κ2) is 6.06. The molecule has 98 valence electrons. The second-order valence-corrected chi connectivity index (χ2v) is 4.90. The van der Waals surface area contributed by atoms with Crippen molar-refractivity contribution >= 4 is 23.0 Å². The second-order valence-electron chi connectivity index (χ2n) is 4.46. The van der Waals surface area contributed by atoms with Crippen LogP contribution in [0.1, 0.15) is 18.9 Å². The fourth-order valence-corrected chi connectivity index (χ4v) is 2.41. The van der Waals surface area contributed by atoms with Crippen LogP contribution >= 0.6 is 12.2 Å². The lowest BCUT2D eigenvalue weighted by atomic mass is 10.2. The molecule has 0 radical (unpaired) electrons. The largest absolute Gasteiger partial charge is 0.389 e. The van der Waals surface area contributed by atoms with Crippen LogP contribution in [0.15, 0.2) is 12.3 Å². The molecule has 1 saturated heterocycles. The standard InChI is InChI=1S/C12H19N5S/c1-2-5-16-6-8-17(9-7-16)12-10(11(13)18)3-4-14-15-12/h3-4H,2,5-9H2,1H3,(H2,13,18). The molecule has 2 N–H and O–H groups in total. The van der Waals surface area contributed by atoms with Crippen molar-refractivity contribution in [1.82, 2.24) is 15.1 Å². The quantitative estimate of drug-likeness (QED) is 0.806. The lowest BCUT2D eigenvalue weighted by molar-refractivity contribution is 0.258. The number of hydrogen-bond donors (Lipinski definition) is 1. The summed E-state index contributed by atoms with van der Waals surface area (Å²) >= 11 is 5.06. The Balaban J connectivity index is 2.07. The van der Waals surface area contributed by atoms with Crippen LogP contribution in [0.4, 0.5) is 5.82 Å². The third kappa shape index (κ3) is 2.94. The zero-order valence-corrected chi connectivity index (χ0v) is 11.5. The van der Waals surface area contributed by atoms with Gasteiger partial charge in [0.15, 0.2) is 5.82 Å². The number of thiocarbonyl (C=S) groups is 1. The molecule has 0 aliphatic carbocycles. The van der Waals surface area contributed by atoms with Crippen LogP contribution in [-0.4, -0.2) is 52.8 Å². The van der Waals surface area contributed by atoms with Crippen molar-refractivity contribution in [3.63, 3.8) is 0 Å². The van der Waals surface area contributed by atoms with E-state index in [1.807, 2.05) is 6.07 Å². The highest BCUT2D eigenvalue weighted by Gasteiger charge is 2.20. The smallest absolute Gasteiger partial charge is 0.161 e. The maximum atomic E-state index is 5.72. The molecule has 2 rings (SSSR count). The van der Waals surface area contributed by atoms with Gasteiger partial charge in [-0.15, -0.1) is 5.10 Å². The molecule has 5 nitrogen and oxygen atoms in total. The number of nitrogens with zero attached hydrogens (tertiary/aromatic N) is 4. The molecule has 0 atom stereocenters. The topological polar surface area (TPSA) is 58.3 Å². The molecule has 2 heterocycles. The summed E-state index contributed by atoms with van der Waals surface area (Å²) in [5.41, 5.74) is 6.55. The molecule has 0 saturated carbocycles. The van der Waals surface area contributed by atoms with Crippen molar-refractivity contribution < 1.29 is 0 Å². The minimum absolute atomic E-state index is 0.385. The summed E-state index contributed by atoms with van der Waals surface area (Å²) < 4.78 is 0. The normalized spacial score (nSPS) is 16.8. The van der Waals surface area contributed by atoms with Crippen molar-refractivity contribution in [2.45, 2.75) is 13.3 Å². The van der Waals surface area contributed by atoms with Crippen LogP contribution < -0.4 is 10.6 Å². The summed E-state index contributed by atoms with van der Waals surface area (Å²) in [4.78, 5) is 5.07. The van der Waals surface area contributed by atoms with E-state index in [9.17, 15) is 0 Å². The van der Waals surface area contributed by atoms with E-state index < -0.39 is 0 Å². The molecule has 1 fully saturated rings. The number of anilines is 1. The third-order valence-electron chi connectivity index (χ3n) is 3.18. The van der Waals surface area contributed by atoms with Crippen LogP contribution in [0.2, 0.25) is 0 Å². The van der Waals surface area contributed by atoms with Crippen molar-refractivity contribution in [3.8, 4) is 0 Å². The molecule has 1 aliphatic rings. The molecular weight excluding hydrogens is 246 g/mol. The third-order valence-corrected chi connectivity index (χ3v) is 3.40. The predicted octanol–water partition coefficient (Wildman–Crippen LogP) is 0.643. The van der Waals surface area contributed by atoms with E-state index in [0.717, 1.165) is 44.1 Å². The molecule has 1 aromatic heterocycles. The Morgan fingerprint density at radius 1 is 1.39 bits per heavy atom. The van der Waals surface area contributed by atoms with Gasteiger partial charge >= 0.3 is 0 Å². The van der Waals surface area contributed by atoms with Gasteiger partial charge in [0.05, 0.1) is 11.8 Å². The van der Waals surface area contributed by atoms with Crippen LogP contribution in [0.5, 0.6) is 0 Å². The minimum Gasteiger partial charge on any atom is -0.389 e. The van der Waals surface area contributed by atoms with Gasteiger partial charge in [-0.1, -0.05) is 19.1 Å². The van der Waals surface area contributed by atoms with Gasteiger partial charge in [-0.25, -0.2) is 0 Å². The predicted molar refractivity (Wildman–Crippen MR) is 76.9 cm³/mol. The van der Waals surface area contributed by atoms with Crippen molar-refractivity contribution in [3.05, 3.63) is 17.8 Å². The summed E-state index contributed by atoms with van der Waals surface area (Å²) in [5, 5.41) is 8.12. The Hall–Kier alpha value is -1.27. The van der Waals surface area contributed by atoms with Gasteiger partial charge in [0.2, 0.25) is 0 Å². The number of hydrogen-bond acceptors (Lipinski definition) is 5. The SMILES string of the molecule is CCCN1CCN(c2nnccc2C(N)=S)CC1.